The topological polar surface area (TPSA) is 26.0 Å². The van der Waals surface area contributed by atoms with Gasteiger partial charge in [-0.15, -0.1) is 11.3 Å². The lowest BCUT2D eigenvalue weighted by Crippen LogP contribution is -2.11. The maximum absolute atomic E-state index is 5.90. The van der Waals surface area contributed by atoms with Gasteiger partial charge in [-0.05, 0) is 36.9 Å². The fraction of sp³-hybridized carbons (Fsp3) is 0.600. The van der Waals surface area contributed by atoms with Crippen molar-refractivity contribution in [2.75, 3.05) is 6.54 Å². The van der Waals surface area contributed by atoms with Gasteiger partial charge in [0.1, 0.15) is 0 Å². The van der Waals surface area contributed by atoms with Gasteiger partial charge in [0, 0.05) is 4.88 Å². The van der Waals surface area contributed by atoms with Gasteiger partial charge < -0.3 is 5.73 Å². The molecule has 1 aromatic rings. The van der Waals surface area contributed by atoms with E-state index in [2.05, 4.69) is 19.9 Å². The molecule has 0 saturated heterocycles. The van der Waals surface area contributed by atoms with E-state index in [0.717, 1.165) is 17.3 Å². The smallest absolute Gasteiger partial charge is 0.0931 e. The van der Waals surface area contributed by atoms with Crippen LogP contribution in [0.15, 0.2) is 12.1 Å². The van der Waals surface area contributed by atoms with Gasteiger partial charge in [-0.3, -0.25) is 0 Å². The molecule has 0 spiro atoms. The quantitative estimate of drug-likeness (QED) is 0.821. The van der Waals surface area contributed by atoms with E-state index >= 15 is 0 Å². The standard InChI is InChI=1S/C10H16ClNS/c1-7(2)8(5-6-12)9-3-4-10(11)13-9/h3-4,7-8H,5-6,12H2,1-2H3. The Morgan fingerprint density at radius 3 is 2.54 bits per heavy atom. The van der Waals surface area contributed by atoms with Crippen LogP contribution >= 0.6 is 22.9 Å². The lowest BCUT2D eigenvalue weighted by Gasteiger charge is -2.18. The molecule has 0 saturated carbocycles. The van der Waals surface area contributed by atoms with Crippen LogP contribution in [-0.2, 0) is 0 Å². The zero-order valence-electron chi connectivity index (χ0n) is 8.09. The molecule has 13 heavy (non-hydrogen) atoms. The first kappa shape index (κ1) is 11.0. The molecule has 0 aromatic carbocycles. The summed E-state index contributed by atoms with van der Waals surface area (Å²) >= 11 is 7.57. The van der Waals surface area contributed by atoms with Crippen LogP contribution in [0, 0.1) is 5.92 Å². The predicted octanol–water partition coefficient (Wildman–Crippen LogP) is 3.49. The first-order valence-electron chi connectivity index (χ1n) is 4.60. The highest BCUT2D eigenvalue weighted by Gasteiger charge is 2.16. The third-order valence-corrected chi connectivity index (χ3v) is 3.60. The van der Waals surface area contributed by atoms with Gasteiger partial charge in [0.2, 0.25) is 0 Å². The summed E-state index contributed by atoms with van der Waals surface area (Å²) < 4.78 is 0.873. The van der Waals surface area contributed by atoms with E-state index in [-0.39, 0.29) is 0 Å². The highest BCUT2D eigenvalue weighted by atomic mass is 35.5. The van der Waals surface area contributed by atoms with Crippen molar-refractivity contribution >= 4 is 22.9 Å². The number of halogens is 1. The molecule has 3 heteroatoms. The fourth-order valence-electron chi connectivity index (χ4n) is 1.51. The zero-order valence-corrected chi connectivity index (χ0v) is 9.66. The minimum atomic E-state index is 0.572. The predicted molar refractivity (Wildman–Crippen MR) is 60.6 cm³/mol. The van der Waals surface area contributed by atoms with E-state index in [1.54, 1.807) is 11.3 Å². The van der Waals surface area contributed by atoms with E-state index in [0.29, 0.717) is 11.8 Å². The average molecular weight is 218 g/mol. The van der Waals surface area contributed by atoms with Crippen molar-refractivity contribution in [2.24, 2.45) is 11.7 Å². The van der Waals surface area contributed by atoms with E-state index in [1.165, 1.54) is 4.88 Å². The molecule has 2 N–H and O–H groups in total. The molecule has 0 bridgehead atoms. The molecule has 74 valence electrons. The number of hydrogen-bond acceptors (Lipinski definition) is 2. The summed E-state index contributed by atoms with van der Waals surface area (Å²) in [6, 6.07) is 4.08. The van der Waals surface area contributed by atoms with Gasteiger partial charge in [-0.25, -0.2) is 0 Å². The molecule has 0 aliphatic rings. The normalized spacial score (nSPS) is 13.6. The number of nitrogens with two attached hydrogens (primary N) is 1. The molecule has 0 amide bonds. The Hall–Kier alpha value is -0.0500. The molecular weight excluding hydrogens is 202 g/mol. The molecule has 1 unspecified atom stereocenters. The van der Waals surface area contributed by atoms with Crippen LogP contribution in [0.4, 0.5) is 0 Å². The van der Waals surface area contributed by atoms with Crippen LogP contribution in [0.1, 0.15) is 31.1 Å². The molecular formula is C10H16ClNS. The van der Waals surface area contributed by atoms with Gasteiger partial charge in [-0.2, -0.15) is 0 Å². The van der Waals surface area contributed by atoms with Crippen molar-refractivity contribution in [1.29, 1.82) is 0 Å². The van der Waals surface area contributed by atoms with Crippen LogP contribution in [-0.4, -0.2) is 6.54 Å². The minimum Gasteiger partial charge on any atom is -0.330 e. The van der Waals surface area contributed by atoms with Gasteiger partial charge in [0.05, 0.1) is 4.34 Å². The Morgan fingerprint density at radius 2 is 2.15 bits per heavy atom. The van der Waals surface area contributed by atoms with Crippen molar-refractivity contribution in [3.63, 3.8) is 0 Å². The van der Waals surface area contributed by atoms with Crippen LogP contribution in [0.5, 0.6) is 0 Å². The average Bonchev–Trinajstić information content (AvgIpc) is 2.46. The van der Waals surface area contributed by atoms with Gasteiger partial charge in [-0.1, -0.05) is 25.4 Å². The number of thiophene rings is 1. The fourth-order valence-corrected chi connectivity index (χ4v) is 2.88. The van der Waals surface area contributed by atoms with Crippen LogP contribution in [0.3, 0.4) is 0 Å². The van der Waals surface area contributed by atoms with Crippen molar-refractivity contribution in [3.8, 4) is 0 Å². The monoisotopic (exact) mass is 217 g/mol. The van der Waals surface area contributed by atoms with Crippen molar-refractivity contribution in [1.82, 2.24) is 0 Å². The molecule has 0 aliphatic heterocycles. The molecule has 1 nitrogen and oxygen atoms in total. The lowest BCUT2D eigenvalue weighted by molar-refractivity contribution is 0.480. The molecule has 1 heterocycles. The van der Waals surface area contributed by atoms with E-state index < -0.39 is 0 Å². The third kappa shape index (κ3) is 2.97. The Bertz CT molecular complexity index is 257. The minimum absolute atomic E-state index is 0.572. The largest absolute Gasteiger partial charge is 0.330 e. The number of rotatable bonds is 4. The van der Waals surface area contributed by atoms with Crippen LogP contribution in [0.2, 0.25) is 4.34 Å². The highest BCUT2D eigenvalue weighted by molar-refractivity contribution is 7.16. The summed E-state index contributed by atoms with van der Waals surface area (Å²) in [5.41, 5.74) is 5.58. The molecule has 0 fully saturated rings. The second kappa shape index (κ2) is 4.99. The summed E-state index contributed by atoms with van der Waals surface area (Å²) in [4.78, 5) is 1.37. The highest BCUT2D eigenvalue weighted by Crippen LogP contribution is 2.34. The third-order valence-electron chi connectivity index (χ3n) is 2.24. The molecule has 1 atom stereocenters. The van der Waals surface area contributed by atoms with Crippen molar-refractivity contribution < 1.29 is 0 Å². The summed E-state index contributed by atoms with van der Waals surface area (Å²) in [5, 5.41) is 0. The number of hydrogen-bond donors (Lipinski definition) is 1. The zero-order chi connectivity index (χ0) is 9.84. The van der Waals surface area contributed by atoms with Crippen LogP contribution < -0.4 is 5.73 Å². The van der Waals surface area contributed by atoms with E-state index in [4.69, 9.17) is 17.3 Å². The van der Waals surface area contributed by atoms with E-state index in [1.807, 2.05) is 6.07 Å². The molecule has 0 radical (unpaired) electrons. The molecule has 1 rings (SSSR count). The molecule has 0 aliphatic carbocycles. The summed E-state index contributed by atoms with van der Waals surface area (Å²) in [5.74, 6) is 1.21. The summed E-state index contributed by atoms with van der Waals surface area (Å²) in [6.07, 6.45) is 1.05. The maximum Gasteiger partial charge on any atom is 0.0931 e. The van der Waals surface area contributed by atoms with Crippen molar-refractivity contribution in [2.45, 2.75) is 26.2 Å². The summed E-state index contributed by atoms with van der Waals surface area (Å²) in [6.45, 7) is 5.21. The van der Waals surface area contributed by atoms with Crippen LogP contribution in [0.25, 0.3) is 0 Å². The summed E-state index contributed by atoms with van der Waals surface area (Å²) in [7, 11) is 0. The van der Waals surface area contributed by atoms with Gasteiger partial charge in [0.25, 0.3) is 0 Å². The van der Waals surface area contributed by atoms with Gasteiger partial charge >= 0.3 is 0 Å². The second-order valence-corrected chi connectivity index (χ2v) is 5.32. The Balaban J connectivity index is 2.75. The second-order valence-electron chi connectivity index (χ2n) is 3.57. The Morgan fingerprint density at radius 1 is 1.46 bits per heavy atom. The molecule has 1 aromatic heterocycles. The first-order chi connectivity index (χ1) is 6.15. The lowest BCUT2D eigenvalue weighted by atomic mass is 9.91. The maximum atomic E-state index is 5.90. The van der Waals surface area contributed by atoms with Crippen molar-refractivity contribution in [3.05, 3.63) is 21.3 Å². The SMILES string of the molecule is CC(C)C(CCN)c1ccc(Cl)s1. The van der Waals surface area contributed by atoms with Gasteiger partial charge in [0.15, 0.2) is 0 Å². The first-order valence-corrected chi connectivity index (χ1v) is 5.80. The Labute approximate surface area is 88.9 Å². The van der Waals surface area contributed by atoms with E-state index in [9.17, 15) is 0 Å². The Kier molecular flexibility index (Phi) is 4.23.